The van der Waals surface area contributed by atoms with Crippen molar-refractivity contribution in [3.63, 3.8) is 0 Å². The van der Waals surface area contributed by atoms with E-state index in [0.29, 0.717) is 10.4 Å². The summed E-state index contributed by atoms with van der Waals surface area (Å²) < 4.78 is 15.4. The van der Waals surface area contributed by atoms with E-state index in [2.05, 4.69) is 0 Å². The number of nitrogens with zero attached hydrogens (tertiary/aromatic N) is 3. The molecule has 0 spiro atoms. The van der Waals surface area contributed by atoms with Crippen molar-refractivity contribution in [2.45, 2.75) is 20.3 Å². The van der Waals surface area contributed by atoms with Crippen LogP contribution in [-0.2, 0) is 16.0 Å². The van der Waals surface area contributed by atoms with Gasteiger partial charge in [0.1, 0.15) is 17.0 Å². The van der Waals surface area contributed by atoms with Crippen LogP contribution in [0.5, 0.6) is 11.5 Å². The molecular formula is C22H19N3O7S. The predicted molar refractivity (Wildman–Crippen MR) is 118 cm³/mol. The molecule has 2 rings (SSSR count). The molecule has 0 aliphatic rings. The van der Waals surface area contributed by atoms with Crippen LogP contribution in [-0.4, -0.2) is 37.5 Å². The number of allylic oxidation sites excluding steroid dienone is 1. The van der Waals surface area contributed by atoms with E-state index in [-0.39, 0.29) is 51.8 Å². The summed E-state index contributed by atoms with van der Waals surface area (Å²) in [6, 6.07) is 6.08. The molecule has 0 aliphatic heterocycles. The van der Waals surface area contributed by atoms with E-state index in [1.54, 1.807) is 19.9 Å². The zero-order chi connectivity index (χ0) is 24.7. The first-order valence-electron chi connectivity index (χ1n) is 9.47. The molecule has 170 valence electrons. The number of rotatable bonds is 9. The molecule has 0 amide bonds. The number of benzene rings is 1. The lowest BCUT2D eigenvalue weighted by molar-refractivity contribution is -0.385. The van der Waals surface area contributed by atoms with Gasteiger partial charge < -0.3 is 14.2 Å². The van der Waals surface area contributed by atoms with Gasteiger partial charge in [0, 0.05) is 22.9 Å². The standard InChI is InChI=1S/C22H19N3O7S/c1-5-32-22(27)21-12(2)16(11-24)19(33-21)9-17(26)14(10-23)6-13-7-15(25(28)29)8-18(30-3)20(13)31-4/h6-8H,5,9H2,1-4H3/b14-6-. The monoisotopic (exact) mass is 469 g/mol. The molecule has 1 aromatic carbocycles. The Morgan fingerprint density at radius 3 is 2.45 bits per heavy atom. The number of nitro benzene ring substituents is 1. The van der Waals surface area contributed by atoms with Crippen molar-refractivity contribution in [1.82, 2.24) is 0 Å². The maximum absolute atomic E-state index is 12.9. The van der Waals surface area contributed by atoms with Crippen molar-refractivity contribution in [2.24, 2.45) is 0 Å². The van der Waals surface area contributed by atoms with Crippen LogP contribution in [0.4, 0.5) is 5.69 Å². The number of esters is 1. The Labute approximate surface area is 193 Å². The normalized spacial score (nSPS) is 10.7. The maximum atomic E-state index is 12.9. The van der Waals surface area contributed by atoms with Crippen LogP contribution in [0.2, 0.25) is 0 Å². The third-order valence-corrected chi connectivity index (χ3v) is 5.81. The molecule has 11 heteroatoms. The quantitative estimate of drug-likeness (QED) is 0.176. The first kappa shape index (κ1) is 25.0. The lowest BCUT2D eigenvalue weighted by atomic mass is 10.0. The smallest absolute Gasteiger partial charge is 0.348 e. The minimum absolute atomic E-state index is 0.0578. The van der Waals surface area contributed by atoms with Crippen LogP contribution in [0.25, 0.3) is 6.08 Å². The number of ether oxygens (including phenoxy) is 3. The van der Waals surface area contributed by atoms with Crippen molar-refractivity contribution in [1.29, 1.82) is 10.5 Å². The molecule has 0 saturated carbocycles. The number of nitriles is 2. The molecule has 33 heavy (non-hydrogen) atoms. The highest BCUT2D eigenvalue weighted by molar-refractivity contribution is 7.14. The second-order valence-electron chi connectivity index (χ2n) is 6.48. The molecule has 1 heterocycles. The van der Waals surface area contributed by atoms with Gasteiger partial charge in [-0.15, -0.1) is 11.3 Å². The zero-order valence-electron chi connectivity index (χ0n) is 18.3. The number of ketones is 1. The third kappa shape index (κ3) is 5.34. The minimum Gasteiger partial charge on any atom is -0.493 e. The molecule has 10 nitrogen and oxygen atoms in total. The van der Waals surface area contributed by atoms with Crippen LogP contribution in [0, 0.1) is 39.7 Å². The van der Waals surface area contributed by atoms with Crippen LogP contribution >= 0.6 is 11.3 Å². The average Bonchev–Trinajstić information content (AvgIpc) is 3.11. The Morgan fingerprint density at radius 2 is 1.94 bits per heavy atom. The molecule has 0 fully saturated rings. The van der Waals surface area contributed by atoms with Gasteiger partial charge in [-0.05, 0) is 25.5 Å². The number of hydrogen-bond acceptors (Lipinski definition) is 10. The Morgan fingerprint density at radius 1 is 1.24 bits per heavy atom. The first-order valence-corrected chi connectivity index (χ1v) is 10.3. The van der Waals surface area contributed by atoms with Crippen molar-refractivity contribution < 1.29 is 28.7 Å². The van der Waals surface area contributed by atoms with Crippen molar-refractivity contribution in [3.8, 4) is 23.6 Å². The molecule has 0 saturated heterocycles. The number of methoxy groups -OCH3 is 2. The van der Waals surface area contributed by atoms with Gasteiger partial charge in [0.15, 0.2) is 17.3 Å². The van der Waals surface area contributed by atoms with E-state index in [0.717, 1.165) is 29.5 Å². The number of non-ortho nitro benzene ring substituents is 1. The van der Waals surface area contributed by atoms with Crippen molar-refractivity contribution >= 4 is 34.9 Å². The number of thiophene rings is 1. The van der Waals surface area contributed by atoms with Gasteiger partial charge >= 0.3 is 5.97 Å². The van der Waals surface area contributed by atoms with Crippen molar-refractivity contribution in [3.05, 3.63) is 54.3 Å². The number of carbonyl (C=O) groups is 2. The van der Waals surface area contributed by atoms with Crippen LogP contribution < -0.4 is 9.47 Å². The number of hydrogen-bond donors (Lipinski definition) is 0. The third-order valence-electron chi connectivity index (χ3n) is 4.54. The molecule has 1 aromatic heterocycles. The van der Waals surface area contributed by atoms with E-state index >= 15 is 0 Å². The molecule has 0 aliphatic carbocycles. The van der Waals surface area contributed by atoms with E-state index in [9.17, 15) is 30.2 Å². The lowest BCUT2D eigenvalue weighted by Gasteiger charge is -2.10. The van der Waals surface area contributed by atoms with Crippen molar-refractivity contribution in [2.75, 3.05) is 20.8 Å². The SMILES string of the molecule is CCOC(=O)c1sc(CC(=O)/C(C#N)=C\c2cc([N+](=O)[O-])cc(OC)c2OC)c(C#N)c1C. The molecule has 0 atom stereocenters. The second kappa shape index (κ2) is 10.9. The van der Waals surface area contributed by atoms with Crippen LogP contribution in [0.3, 0.4) is 0 Å². The first-order chi connectivity index (χ1) is 15.7. The van der Waals surface area contributed by atoms with E-state index in [1.165, 1.54) is 14.2 Å². The molecular weight excluding hydrogens is 450 g/mol. The fraction of sp³-hybridized carbons (Fsp3) is 0.273. The van der Waals surface area contributed by atoms with Crippen LogP contribution in [0.15, 0.2) is 17.7 Å². The summed E-state index contributed by atoms with van der Waals surface area (Å²) in [4.78, 5) is 36.2. The fourth-order valence-corrected chi connectivity index (χ4v) is 4.15. The summed E-state index contributed by atoms with van der Waals surface area (Å²) >= 11 is 0.953. The van der Waals surface area contributed by atoms with E-state index < -0.39 is 16.7 Å². The highest BCUT2D eigenvalue weighted by atomic mass is 32.1. The highest BCUT2D eigenvalue weighted by Gasteiger charge is 2.24. The summed E-state index contributed by atoms with van der Waals surface area (Å²) in [5, 5.41) is 30.3. The second-order valence-corrected chi connectivity index (χ2v) is 7.59. The predicted octanol–water partition coefficient (Wildman–Crippen LogP) is 3.75. The average molecular weight is 469 g/mol. The minimum atomic E-state index is -0.641. The van der Waals surface area contributed by atoms with Gasteiger partial charge in [0.2, 0.25) is 0 Å². The van der Waals surface area contributed by atoms with E-state index in [1.807, 2.05) is 6.07 Å². The van der Waals surface area contributed by atoms with Gasteiger partial charge in [-0.25, -0.2) is 4.79 Å². The Hall–Kier alpha value is -4.22. The lowest BCUT2D eigenvalue weighted by Crippen LogP contribution is -2.06. The van der Waals surface area contributed by atoms with Gasteiger partial charge in [-0.1, -0.05) is 0 Å². The Bertz CT molecular complexity index is 1230. The summed E-state index contributed by atoms with van der Waals surface area (Å²) in [5.74, 6) is -1.07. The maximum Gasteiger partial charge on any atom is 0.348 e. The van der Waals surface area contributed by atoms with Gasteiger partial charge in [0.25, 0.3) is 5.69 Å². The molecule has 0 radical (unpaired) electrons. The topological polar surface area (TPSA) is 153 Å². The molecule has 0 unspecified atom stereocenters. The van der Waals surface area contributed by atoms with Gasteiger partial charge in [-0.2, -0.15) is 10.5 Å². The Balaban J connectivity index is 2.51. The Kier molecular flexibility index (Phi) is 8.26. The fourth-order valence-electron chi connectivity index (χ4n) is 3.00. The molecule has 0 bridgehead atoms. The highest BCUT2D eigenvalue weighted by Crippen LogP contribution is 2.37. The molecule has 0 N–H and O–H groups in total. The van der Waals surface area contributed by atoms with E-state index in [4.69, 9.17) is 14.2 Å². The summed E-state index contributed by atoms with van der Waals surface area (Å²) in [7, 11) is 2.62. The molecule has 2 aromatic rings. The van der Waals surface area contributed by atoms with Gasteiger partial charge in [-0.3, -0.25) is 14.9 Å². The number of carbonyl (C=O) groups excluding carboxylic acids is 2. The summed E-state index contributed by atoms with van der Waals surface area (Å²) in [6.45, 7) is 3.39. The van der Waals surface area contributed by atoms with Gasteiger partial charge in [0.05, 0.1) is 43.0 Å². The number of nitro groups is 1. The largest absolute Gasteiger partial charge is 0.493 e. The summed E-state index contributed by atoms with van der Waals surface area (Å²) in [5.41, 5.74) is 0.0370. The van der Waals surface area contributed by atoms with Crippen LogP contribution in [0.1, 0.15) is 38.2 Å². The summed E-state index contributed by atoms with van der Waals surface area (Å²) in [6.07, 6.45) is 0.844. The zero-order valence-corrected chi connectivity index (χ0v) is 19.1. The number of Topliss-reactive ketones (excluding diaryl/α,β-unsaturated/α-hetero) is 1.